The van der Waals surface area contributed by atoms with E-state index >= 15 is 0 Å². The van der Waals surface area contributed by atoms with Gasteiger partial charge in [-0.3, -0.25) is 0 Å². The molecule has 1 aliphatic rings. The lowest BCUT2D eigenvalue weighted by Crippen LogP contribution is -2.33. The van der Waals surface area contributed by atoms with E-state index in [2.05, 4.69) is 10.5 Å². The molecule has 1 rings (SSSR count). The first-order chi connectivity index (χ1) is 4.84. The van der Waals surface area contributed by atoms with Gasteiger partial charge in [0.25, 0.3) is 0 Å². The maximum Gasteiger partial charge on any atom is 0.317 e. The highest BCUT2D eigenvalue weighted by molar-refractivity contribution is 6.04. The molecule has 0 unspecified atom stereocenters. The first kappa shape index (κ1) is 7.40. The van der Waals surface area contributed by atoms with Crippen LogP contribution in [0, 0.1) is 0 Å². The summed E-state index contributed by atoms with van der Waals surface area (Å²) >= 11 is 0. The summed E-state index contributed by atoms with van der Waals surface area (Å²) in [6, 6.07) is 0.00949. The van der Waals surface area contributed by atoms with Crippen molar-refractivity contribution in [1.82, 2.24) is 15.4 Å². The van der Waals surface area contributed by atoms with Gasteiger partial charge in [0, 0.05) is 26.2 Å². The van der Waals surface area contributed by atoms with E-state index in [1.54, 1.807) is 4.90 Å². The van der Waals surface area contributed by atoms with Gasteiger partial charge in [0.15, 0.2) is 7.98 Å². The van der Waals surface area contributed by atoms with Crippen molar-refractivity contribution < 1.29 is 4.79 Å². The molecular formula is C5H10BN3O. The summed E-state index contributed by atoms with van der Waals surface area (Å²) in [5, 5.41) is 5.19. The summed E-state index contributed by atoms with van der Waals surface area (Å²) in [4.78, 5) is 12.5. The zero-order chi connectivity index (χ0) is 7.40. The van der Waals surface area contributed by atoms with Crippen molar-refractivity contribution in [3.8, 4) is 0 Å². The molecule has 0 atom stereocenters. The van der Waals surface area contributed by atoms with Crippen LogP contribution in [-0.2, 0) is 0 Å². The van der Waals surface area contributed by atoms with E-state index in [1.807, 2.05) is 0 Å². The Morgan fingerprint density at radius 3 is 3.10 bits per heavy atom. The predicted molar refractivity (Wildman–Crippen MR) is 38.7 cm³/mol. The lowest BCUT2D eigenvalue weighted by molar-refractivity contribution is 0.218. The van der Waals surface area contributed by atoms with E-state index in [-0.39, 0.29) is 6.03 Å². The molecule has 0 bridgehead atoms. The second kappa shape index (κ2) is 3.46. The van der Waals surface area contributed by atoms with Crippen LogP contribution in [0.4, 0.5) is 4.79 Å². The average Bonchev–Trinajstić information content (AvgIpc) is 2.31. The summed E-state index contributed by atoms with van der Waals surface area (Å²) in [5.41, 5.74) is 0. The third-order valence-electron chi connectivity index (χ3n) is 1.47. The van der Waals surface area contributed by atoms with Crippen LogP contribution in [0.1, 0.15) is 0 Å². The first-order valence-electron chi connectivity index (χ1n) is 3.31. The Bertz CT molecular complexity index is 130. The quantitative estimate of drug-likeness (QED) is 0.476. The molecule has 2 N–H and O–H groups in total. The monoisotopic (exact) mass is 139 g/mol. The minimum Gasteiger partial charge on any atom is -0.365 e. The highest BCUT2D eigenvalue weighted by atomic mass is 16.2. The van der Waals surface area contributed by atoms with Crippen LogP contribution in [0.5, 0.6) is 0 Å². The third-order valence-corrected chi connectivity index (χ3v) is 1.47. The molecule has 10 heavy (non-hydrogen) atoms. The van der Waals surface area contributed by atoms with Gasteiger partial charge in [0.1, 0.15) is 0 Å². The summed E-state index contributed by atoms with van der Waals surface area (Å²) in [6.07, 6.45) is 0. The van der Waals surface area contributed by atoms with E-state index in [9.17, 15) is 4.79 Å². The molecule has 0 aromatic heterocycles. The molecule has 1 fully saturated rings. The first-order valence-corrected chi connectivity index (χ1v) is 3.31. The van der Waals surface area contributed by atoms with Crippen LogP contribution in [0.3, 0.4) is 0 Å². The van der Waals surface area contributed by atoms with E-state index < -0.39 is 0 Å². The number of rotatable bonds is 3. The Kier molecular flexibility index (Phi) is 2.56. The molecule has 1 saturated heterocycles. The Balaban J connectivity index is 2.20. The number of carbonyl (C=O) groups is 1. The molecule has 4 nitrogen and oxygen atoms in total. The molecule has 54 valence electrons. The number of hydrogen-bond acceptors (Lipinski definition) is 2. The molecule has 2 amide bonds. The van der Waals surface area contributed by atoms with Gasteiger partial charge >= 0.3 is 6.03 Å². The number of hydrogen-bond donors (Lipinski definition) is 2. The number of carbonyl (C=O) groups excluding carboxylic acids is 1. The average molecular weight is 139 g/mol. The van der Waals surface area contributed by atoms with Crippen LogP contribution in [0.25, 0.3) is 0 Å². The second-order valence-corrected chi connectivity index (χ2v) is 2.17. The highest BCUT2D eigenvalue weighted by Crippen LogP contribution is 1.93. The SMILES string of the molecule is [B]NCCN1CCNC1=O. The van der Waals surface area contributed by atoms with Crippen molar-refractivity contribution in [3.05, 3.63) is 0 Å². The number of nitrogens with one attached hydrogen (secondary N) is 2. The maximum atomic E-state index is 10.8. The van der Waals surface area contributed by atoms with Crippen molar-refractivity contribution >= 4 is 14.0 Å². The van der Waals surface area contributed by atoms with E-state index in [0.717, 1.165) is 13.1 Å². The zero-order valence-electron chi connectivity index (χ0n) is 5.76. The Hall–Kier alpha value is -0.705. The Morgan fingerprint density at radius 2 is 2.60 bits per heavy atom. The van der Waals surface area contributed by atoms with Gasteiger partial charge in [-0.15, -0.1) is 0 Å². The van der Waals surface area contributed by atoms with Crippen LogP contribution in [0.2, 0.25) is 0 Å². The topological polar surface area (TPSA) is 44.4 Å². The summed E-state index contributed by atoms with van der Waals surface area (Å²) < 4.78 is 0. The van der Waals surface area contributed by atoms with Crippen LogP contribution in [-0.4, -0.2) is 45.1 Å². The van der Waals surface area contributed by atoms with Crippen molar-refractivity contribution in [3.63, 3.8) is 0 Å². The summed E-state index contributed by atoms with van der Waals surface area (Å²) in [5.74, 6) is 0. The van der Waals surface area contributed by atoms with E-state index in [4.69, 9.17) is 7.98 Å². The fraction of sp³-hybridized carbons (Fsp3) is 0.800. The fourth-order valence-corrected chi connectivity index (χ4v) is 0.924. The minimum atomic E-state index is 0.00949. The third kappa shape index (κ3) is 1.64. The van der Waals surface area contributed by atoms with Gasteiger partial charge < -0.3 is 15.4 Å². The van der Waals surface area contributed by atoms with E-state index in [1.165, 1.54) is 0 Å². The lowest BCUT2D eigenvalue weighted by atomic mass is 10.4. The normalized spacial score (nSPS) is 17.6. The smallest absolute Gasteiger partial charge is 0.317 e. The van der Waals surface area contributed by atoms with Gasteiger partial charge in [-0.05, 0) is 0 Å². The van der Waals surface area contributed by atoms with Crippen molar-refractivity contribution in [2.45, 2.75) is 0 Å². The summed E-state index contributed by atoms with van der Waals surface area (Å²) in [7, 11) is 5.04. The lowest BCUT2D eigenvalue weighted by Gasteiger charge is -2.12. The molecular weight excluding hydrogens is 129 g/mol. The standard InChI is InChI=1S/C5H10BN3O/c6-8-2-4-9-3-1-7-5(9)10/h8H,1-4H2,(H,7,10). The van der Waals surface area contributed by atoms with Crippen molar-refractivity contribution in [2.24, 2.45) is 0 Å². The zero-order valence-corrected chi connectivity index (χ0v) is 5.76. The summed E-state index contributed by atoms with van der Waals surface area (Å²) in [6.45, 7) is 2.87. The molecule has 0 aromatic carbocycles. The van der Waals surface area contributed by atoms with Gasteiger partial charge in [0.05, 0.1) is 0 Å². The Morgan fingerprint density at radius 1 is 1.80 bits per heavy atom. The number of nitrogens with zero attached hydrogens (tertiary/aromatic N) is 1. The molecule has 5 heteroatoms. The van der Waals surface area contributed by atoms with Crippen LogP contribution >= 0.6 is 0 Å². The number of amides is 2. The van der Waals surface area contributed by atoms with Crippen LogP contribution in [0.15, 0.2) is 0 Å². The van der Waals surface area contributed by atoms with Crippen molar-refractivity contribution in [2.75, 3.05) is 26.2 Å². The molecule has 1 aliphatic heterocycles. The van der Waals surface area contributed by atoms with Gasteiger partial charge in [-0.2, -0.15) is 0 Å². The molecule has 2 radical (unpaired) electrons. The van der Waals surface area contributed by atoms with Gasteiger partial charge in [-0.1, -0.05) is 0 Å². The Labute approximate surface area is 61.4 Å². The van der Waals surface area contributed by atoms with Gasteiger partial charge in [0.2, 0.25) is 0 Å². The van der Waals surface area contributed by atoms with E-state index in [0.29, 0.717) is 13.1 Å². The fourth-order valence-electron chi connectivity index (χ4n) is 0.924. The number of urea groups is 1. The molecule has 1 heterocycles. The molecule has 0 spiro atoms. The maximum absolute atomic E-state index is 10.8. The molecule has 0 saturated carbocycles. The largest absolute Gasteiger partial charge is 0.365 e. The molecule has 0 aromatic rings. The van der Waals surface area contributed by atoms with Crippen molar-refractivity contribution in [1.29, 1.82) is 0 Å². The van der Waals surface area contributed by atoms with Crippen LogP contribution < -0.4 is 10.5 Å². The predicted octanol–water partition coefficient (Wildman–Crippen LogP) is -1.32. The highest BCUT2D eigenvalue weighted by Gasteiger charge is 2.17. The second-order valence-electron chi connectivity index (χ2n) is 2.17. The van der Waals surface area contributed by atoms with Gasteiger partial charge in [-0.25, -0.2) is 4.79 Å². The minimum absolute atomic E-state index is 0.00949. The molecule has 0 aliphatic carbocycles.